The number of hydrogen-bond donors (Lipinski definition) is 2. The summed E-state index contributed by atoms with van der Waals surface area (Å²) in [5, 5.41) is 8.43. The minimum atomic E-state index is -0.253. The molecule has 2 N–H and O–H groups in total. The summed E-state index contributed by atoms with van der Waals surface area (Å²) in [4.78, 5) is 27.0. The van der Waals surface area contributed by atoms with Crippen LogP contribution in [0.5, 0.6) is 0 Å². The first-order valence-electron chi connectivity index (χ1n) is 7.74. The van der Waals surface area contributed by atoms with Gasteiger partial charge in [0.1, 0.15) is 0 Å². The number of carbonyl (C=O) groups is 2. The van der Waals surface area contributed by atoms with E-state index in [1.54, 1.807) is 34.4 Å². The lowest BCUT2D eigenvalue weighted by Gasteiger charge is -2.19. The van der Waals surface area contributed by atoms with Crippen molar-refractivity contribution in [1.29, 1.82) is 0 Å². The molecule has 134 valence electrons. The number of halogens is 2. The summed E-state index contributed by atoms with van der Waals surface area (Å²) in [6, 6.07) is 8.76. The zero-order chi connectivity index (χ0) is 18.2. The number of nitrogens with one attached hydrogen (secondary N) is 2. The van der Waals surface area contributed by atoms with Crippen LogP contribution in [0, 0.1) is 0 Å². The summed E-state index contributed by atoms with van der Waals surface area (Å²) in [6.07, 6.45) is 0. The van der Waals surface area contributed by atoms with Gasteiger partial charge in [0.25, 0.3) is 0 Å². The Morgan fingerprint density at radius 3 is 2.60 bits per heavy atom. The van der Waals surface area contributed by atoms with Gasteiger partial charge in [0, 0.05) is 9.90 Å². The predicted octanol–water partition coefficient (Wildman–Crippen LogP) is 3.63. The normalized spacial score (nSPS) is 10.7. The summed E-state index contributed by atoms with van der Waals surface area (Å²) in [6.45, 7) is 3.21. The highest BCUT2D eigenvalue weighted by Gasteiger charge is 2.14. The third kappa shape index (κ3) is 6.66. The number of carbonyl (C=O) groups excluding carboxylic acids is 2. The molecule has 0 unspecified atom stereocenters. The Labute approximate surface area is 160 Å². The number of amides is 2. The lowest BCUT2D eigenvalue weighted by atomic mass is 10.3. The van der Waals surface area contributed by atoms with Crippen LogP contribution in [0.25, 0.3) is 0 Å². The molecular weight excluding hydrogens is 381 g/mol. The maximum absolute atomic E-state index is 12.2. The smallest absolute Gasteiger partial charge is 0.238 e. The molecule has 1 aromatic heterocycles. The number of benzene rings is 1. The number of hydrogen-bond acceptors (Lipinski definition) is 4. The van der Waals surface area contributed by atoms with Gasteiger partial charge in [-0.3, -0.25) is 14.5 Å². The quantitative estimate of drug-likeness (QED) is 0.712. The van der Waals surface area contributed by atoms with Crippen LogP contribution in [-0.2, 0) is 16.1 Å². The highest BCUT2D eigenvalue weighted by Crippen LogP contribution is 2.25. The molecule has 0 bridgehead atoms. The highest BCUT2D eigenvalue weighted by atomic mass is 35.5. The van der Waals surface area contributed by atoms with E-state index in [9.17, 15) is 9.59 Å². The first-order valence-corrected chi connectivity index (χ1v) is 9.38. The van der Waals surface area contributed by atoms with Crippen molar-refractivity contribution in [3.05, 3.63) is 50.6 Å². The third-order valence-electron chi connectivity index (χ3n) is 3.42. The number of rotatable bonds is 8. The molecule has 25 heavy (non-hydrogen) atoms. The van der Waals surface area contributed by atoms with E-state index in [0.29, 0.717) is 28.8 Å². The maximum atomic E-state index is 12.2. The molecule has 0 saturated carbocycles. The van der Waals surface area contributed by atoms with Gasteiger partial charge >= 0.3 is 0 Å². The monoisotopic (exact) mass is 399 g/mol. The van der Waals surface area contributed by atoms with Gasteiger partial charge in [-0.25, -0.2) is 0 Å². The summed E-state index contributed by atoms with van der Waals surface area (Å²) in [5.74, 6) is -0.374. The third-order valence-corrected chi connectivity index (χ3v) is 4.87. The fourth-order valence-electron chi connectivity index (χ4n) is 2.12. The molecule has 1 aromatic carbocycles. The van der Waals surface area contributed by atoms with Crippen molar-refractivity contribution >= 4 is 52.0 Å². The SMILES string of the molecule is CCN(CC(=O)NCc1cccs1)CC(=O)Nc1cc(Cl)ccc1Cl. The van der Waals surface area contributed by atoms with Gasteiger partial charge in [0.2, 0.25) is 11.8 Å². The highest BCUT2D eigenvalue weighted by molar-refractivity contribution is 7.09. The van der Waals surface area contributed by atoms with Crippen molar-refractivity contribution in [1.82, 2.24) is 10.2 Å². The van der Waals surface area contributed by atoms with Crippen LogP contribution in [0.4, 0.5) is 5.69 Å². The van der Waals surface area contributed by atoms with Crippen LogP contribution in [0.2, 0.25) is 10.0 Å². The first kappa shape index (κ1) is 19.7. The molecule has 0 aliphatic heterocycles. The Hall–Kier alpha value is -1.60. The Balaban J connectivity index is 1.82. The number of thiophene rings is 1. The van der Waals surface area contributed by atoms with Gasteiger partial charge in [-0.1, -0.05) is 36.2 Å². The lowest BCUT2D eigenvalue weighted by Crippen LogP contribution is -2.40. The molecule has 2 rings (SSSR count). The molecule has 2 aromatic rings. The molecule has 0 saturated heterocycles. The largest absolute Gasteiger partial charge is 0.350 e. The van der Waals surface area contributed by atoms with Crippen molar-refractivity contribution in [2.24, 2.45) is 0 Å². The van der Waals surface area contributed by atoms with Crippen LogP contribution in [0.3, 0.4) is 0 Å². The zero-order valence-electron chi connectivity index (χ0n) is 13.7. The second-order valence-corrected chi connectivity index (χ2v) is 7.21. The van der Waals surface area contributed by atoms with E-state index in [1.807, 2.05) is 24.4 Å². The van der Waals surface area contributed by atoms with Gasteiger partial charge < -0.3 is 10.6 Å². The topological polar surface area (TPSA) is 61.4 Å². The average molecular weight is 400 g/mol. The van der Waals surface area contributed by atoms with Gasteiger partial charge in [0.15, 0.2) is 0 Å². The van der Waals surface area contributed by atoms with Crippen molar-refractivity contribution in [3.8, 4) is 0 Å². The summed E-state index contributed by atoms with van der Waals surface area (Å²) >= 11 is 13.5. The van der Waals surface area contributed by atoms with Gasteiger partial charge in [-0.05, 0) is 36.2 Å². The van der Waals surface area contributed by atoms with Crippen LogP contribution in [0.1, 0.15) is 11.8 Å². The maximum Gasteiger partial charge on any atom is 0.238 e. The number of nitrogens with zero attached hydrogens (tertiary/aromatic N) is 1. The molecule has 0 atom stereocenters. The van der Waals surface area contributed by atoms with E-state index in [-0.39, 0.29) is 24.9 Å². The van der Waals surface area contributed by atoms with Crippen LogP contribution < -0.4 is 10.6 Å². The Morgan fingerprint density at radius 2 is 1.92 bits per heavy atom. The molecule has 0 fully saturated rings. The second kappa shape index (κ2) is 9.77. The lowest BCUT2D eigenvalue weighted by molar-refractivity contribution is -0.123. The van der Waals surface area contributed by atoms with Gasteiger partial charge in [-0.2, -0.15) is 0 Å². The van der Waals surface area contributed by atoms with Crippen LogP contribution in [-0.4, -0.2) is 36.3 Å². The molecule has 0 aliphatic rings. The van der Waals surface area contributed by atoms with Crippen molar-refractivity contribution in [2.45, 2.75) is 13.5 Å². The van der Waals surface area contributed by atoms with Crippen LogP contribution in [0.15, 0.2) is 35.7 Å². The summed E-state index contributed by atoms with van der Waals surface area (Å²) in [5.41, 5.74) is 0.456. The number of anilines is 1. The fraction of sp³-hybridized carbons (Fsp3) is 0.294. The standard InChI is InChI=1S/C17H19Cl2N3O2S/c1-2-22(10-16(23)20-9-13-4-3-7-25-13)11-17(24)21-15-8-12(18)5-6-14(15)19/h3-8H,2,9-11H2,1H3,(H,20,23)(H,21,24). The molecule has 0 aliphatic carbocycles. The fourth-order valence-corrected chi connectivity index (χ4v) is 3.10. The van der Waals surface area contributed by atoms with Gasteiger partial charge in [-0.15, -0.1) is 11.3 Å². The molecule has 0 radical (unpaired) electrons. The molecular formula is C17H19Cl2N3O2S. The molecule has 0 spiro atoms. The Morgan fingerprint density at radius 1 is 1.16 bits per heavy atom. The van der Waals surface area contributed by atoms with Gasteiger partial charge in [0.05, 0.1) is 30.3 Å². The molecule has 5 nitrogen and oxygen atoms in total. The number of likely N-dealkylation sites (N-methyl/N-ethyl adjacent to an activating group) is 1. The van der Waals surface area contributed by atoms with E-state index in [1.165, 1.54) is 0 Å². The van der Waals surface area contributed by atoms with E-state index < -0.39 is 0 Å². The Bertz CT molecular complexity index is 723. The average Bonchev–Trinajstić information content (AvgIpc) is 3.09. The van der Waals surface area contributed by atoms with Crippen molar-refractivity contribution in [2.75, 3.05) is 25.0 Å². The second-order valence-electron chi connectivity index (χ2n) is 5.33. The molecule has 2 amide bonds. The predicted molar refractivity (Wildman–Crippen MR) is 103 cm³/mol. The molecule has 1 heterocycles. The Kier molecular flexibility index (Phi) is 7.71. The van der Waals surface area contributed by atoms with Crippen molar-refractivity contribution < 1.29 is 9.59 Å². The van der Waals surface area contributed by atoms with Crippen molar-refractivity contribution in [3.63, 3.8) is 0 Å². The van der Waals surface area contributed by atoms with E-state index in [0.717, 1.165) is 4.88 Å². The minimum Gasteiger partial charge on any atom is -0.350 e. The first-order chi connectivity index (χ1) is 12.0. The molecule has 8 heteroatoms. The zero-order valence-corrected chi connectivity index (χ0v) is 16.0. The minimum absolute atomic E-state index is 0.0891. The van der Waals surface area contributed by atoms with Crippen LogP contribution >= 0.6 is 34.5 Å². The summed E-state index contributed by atoms with van der Waals surface area (Å²) < 4.78 is 0. The van der Waals surface area contributed by atoms with E-state index >= 15 is 0 Å². The van der Waals surface area contributed by atoms with E-state index in [4.69, 9.17) is 23.2 Å². The van der Waals surface area contributed by atoms with E-state index in [2.05, 4.69) is 10.6 Å². The summed E-state index contributed by atoms with van der Waals surface area (Å²) in [7, 11) is 0.